The monoisotopic (exact) mass is 444 g/mol. The highest BCUT2D eigenvalue weighted by atomic mass is 19.4. The topological polar surface area (TPSA) is 89.9 Å². The van der Waals surface area contributed by atoms with Crippen LogP contribution in [0.2, 0.25) is 0 Å². The summed E-state index contributed by atoms with van der Waals surface area (Å²) in [7, 11) is 0. The number of rotatable bonds is 6. The summed E-state index contributed by atoms with van der Waals surface area (Å²) in [6.07, 6.45) is -2.24. The van der Waals surface area contributed by atoms with Crippen LogP contribution in [-0.4, -0.2) is 22.4 Å². The number of alkyl halides is 3. The van der Waals surface area contributed by atoms with E-state index in [1.54, 1.807) is 30.3 Å². The van der Waals surface area contributed by atoms with Crippen LogP contribution in [0.3, 0.4) is 0 Å². The maximum absolute atomic E-state index is 12.3. The molecule has 2 N–H and O–H groups in total. The van der Waals surface area contributed by atoms with Crippen LogP contribution in [0.4, 0.5) is 13.2 Å². The van der Waals surface area contributed by atoms with E-state index in [9.17, 15) is 18.0 Å². The summed E-state index contributed by atoms with van der Waals surface area (Å²) in [5.41, 5.74) is 4.58. The van der Waals surface area contributed by atoms with E-state index in [4.69, 9.17) is 14.7 Å². The number of carbonyl (C=O) groups is 1. The second kappa shape index (κ2) is 8.60. The summed E-state index contributed by atoms with van der Waals surface area (Å²) in [5, 5.41) is 9.10. The fourth-order valence-corrected chi connectivity index (χ4v) is 2.96. The lowest BCUT2D eigenvalue weighted by Crippen LogP contribution is -2.17. The molecule has 0 amide bonds. The molecule has 1 atom stereocenters. The average Bonchev–Trinajstić information content (AvgIpc) is 3.22. The molecule has 1 aromatic heterocycles. The molecule has 3 aromatic rings. The van der Waals surface area contributed by atoms with Crippen molar-refractivity contribution in [1.82, 2.24) is 10.5 Å². The van der Waals surface area contributed by atoms with Crippen molar-refractivity contribution in [2.75, 3.05) is 0 Å². The van der Waals surface area contributed by atoms with Crippen molar-refractivity contribution in [3.63, 3.8) is 0 Å². The van der Waals surface area contributed by atoms with Crippen LogP contribution in [-0.2, 0) is 4.84 Å². The maximum Gasteiger partial charge on any atom is 0.573 e. The number of carboxylic acids is 1. The number of hydroxylamine groups is 1. The van der Waals surface area contributed by atoms with E-state index in [2.05, 4.69) is 15.2 Å². The Bertz CT molecular complexity index is 1150. The van der Waals surface area contributed by atoms with Crippen molar-refractivity contribution >= 4 is 5.97 Å². The normalized spacial score (nSPS) is 15.6. The van der Waals surface area contributed by atoms with Gasteiger partial charge in [-0.25, -0.2) is 10.3 Å². The first-order valence-electron chi connectivity index (χ1n) is 9.24. The zero-order valence-corrected chi connectivity index (χ0v) is 16.2. The highest BCUT2D eigenvalue weighted by molar-refractivity contribution is 5.89. The van der Waals surface area contributed by atoms with Gasteiger partial charge in [0.25, 0.3) is 0 Å². The molecule has 0 fully saturated rings. The number of halogens is 3. The van der Waals surface area contributed by atoms with Crippen LogP contribution < -0.4 is 15.0 Å². The highest BCUT2D eigenvalue weighted by Crippen LogP contribution is 2.29. The number of hydrogen-bond acceptors (Lipinski definition) is 6. The third kappa shape index (κ3) is 5.16. The molecular weight excluding hydrogens is 429 g/mol. The maximum atomic E-state index is 12.3. The number of nitrogens with one attached hydrogen (secondary N) is 1. The summed E-state index contributed by atoms with van der Waals surface area (Å²) in [6.45, 7) is 0. The lowest BCUT2D eigenvalue weighted by atomic mass is 10.1. The van der Waals surface area contributed by atoms with E-state index in [0.717, 1.165) is 0 Å². The van der Waals surface area contributed by atoms with Crippen LogP contribution in [0.15, 0.2) is 78.8 Å². The van der Waals surface area contributed by atoms with Gasteiger partial charge in [-0.2, -0.15) is 0 Å². The SMILES string of the molecule is O=C(O)c1cccc(-c2ccc(OC3=CC(c4ccc(OC(F)(F)F)cc4)ON3)cn2)c1. The molecule has 0 spiro atoms. The fraction of sp³-hybridized carbons (Fsp3) is 0.0909. The Kier molecular flexibility index (Phi) is 5.69. The van der Waals surface area contributed by atoms with Crippen molar-refractivity contribution in [2.45, 2.75) is 12.5 Å². The first kappa shape index (κ1) is 21.2. The number of aromatic nitrogens is 1. The standard InChI is InChI=1S/C22H15F3N2O5/c23-22(24,25)31-16-6-4-13(5-7-16)19-11-20(27-32-19)30-17-8-9-18(26-12-17)14-2-1-3-15(10-14)21(28)29/h1-12,19,27H,(H,28,29). The number of benzene rings is 2. The first-order valence-corrected chi connectivity index (χ1v) is 9.24. The number of nitrogens with zero attached hydrogens (tertiary/aromatic N) is 1. The lowest BCUT2D eigenvalue weighted by molar-refractivity contribution is -0.274. The molecule has 0 bridgehead atoms. The summed E-state index contributed by atoms with van der Waals surface area (Å²) < 4.78 is 46.3. The van der Waals surface area contributed by atoms with Gasteiger partial charge < -0.3 is 14.6 Å². The molecule has 10 heteroatoms. The first-order chi connectivity index (χ1) is 15.3. The van der Waals surface area contributed by atoms with Crippen molar-refractivity contribution in [1.29, 1.82) is 0 Å². The Morgan fingerprint density at radius 1 is 1.06 bits per heavy atom. The Labute approximate surface area is 179 Å². The average molecular weight is 444 g/mol. The zero-order valence-electron chi connectivity index (χ0n) is 16.2. The molecule has 0 saturated carbocycles. The van der Waals surface area contributed by atoms with Crippen LogP contribution >= 0.6 is 0 Å². The predicted octanol–water partition coefficient (Wildman–Crippen LogP) is 4.84. The Hall–Kier alpha value is -4.05. The molecule has 32 heavy (non-hydrogen) atoms. The molecule has 1 aliphatic rings. The molecule has 4 rings (SSSR count). The van der Waals surface area contributed by atoms with Crippen LogP contribution in [0, 0.1) is 0 Å². The highest BCUT2D eigenvalue weighted by Gasteiger charge is 2.31. The smallest absolute Gasteiger partial charge is 0.478 e. The van der Waals surface area contributed by atoms with E-state index < -0.39 is 18.4 Å². The van der Waals surface area contributed by atoms with E-state index >= 15 is 0 Å². The number of aromatic carboxylic acids is 1. The lowest BCUT2D eigenvalue weighted by Gasteiger charge is -2.11. The Morgan fingerprint density at radius 3 is 2.47 bits per heavy atom. The molecule has 7 nitrogen and oxygen atoms in total. The van der Waals surface area contributed by atoms with E-state index in [0.29, 0.717) is 22.6 Å². The summed E-state index contributed by atoms with van der Waals surface area (Å²) in [5.74, 6) is -0.663. The molecule has 0 aliphatic carbocycles. The van der Waals surface area contributed by atoms with E-state index in [1.165, 1.54) is 42.6 Å². The fourth-order valence-electron chi connectivity index (χ4n) is 2.96. The zero-order chi connectivity index (χ0) is 22.7. The van der Waals surface area contributed by atoms with Crippen molar-refractivity contribution in [3.8, 4) is 22.8 Å². The Morgan fingerprint density at radius 2 is 1.81 bits per heavy atom. The van der Waals surface area contributed by atoms with Gasteiger partial charge in [-0.15, -0.1) is 13.2 Å². The van der Waals surface area contributed by atoms with Gasteiger partial charge in [0.2, 0.25) is 5.88 Å². The number of carboxylic acid groups (broad SMARTS) is 1. The number of hydrogen-bond donors (Lipinski definition) is 2. The van der Waals surface area contributed by atoms with E-state index in [-0.39, 0.29) is 17.2 Å². The second-order valence-corrected chi connectivity index (χ2v) is 6.66. The molecule has 1 unspecified atom stereocenters. The van der Waals surface area contributed by atoms with Crippen molar-refractivity contribution < 1.29 is 37.4 Å². The molecule has 0 saturated heterocycles. The van der Waals surface area contributed by atoms with Gasteiger partial charge in [0, 0.05) is 11.6 Å². The largest absolute Gasteiger partial charge is 0.573 e. The van der Waals surface area contributed by atoms with Crippen molar-refractivity contribution in [2.24, 2.45) is 0 Å². The number of pyridine rings is 1. The van der Waals surface area contributed by atoms with Gasteiger partial charge in [0.15, 0.2) is 0 Å². The molecule has 1 aliphatic heterocycles. The minimum atomic E-state index is -4.75. The number of ether oxygens (including phenoxy) is 2. The predicted molar refractivity (Wildman–Crippen MR) is 105 cm³/mol. The van der Waals surface area contributed by atoms with Crippen molar-refractivity contribution in [3.05, 3.63) is 89.9 Å². The Balaban J connectivity index is 1.41. The van der Waals surface area contributed by atoms with Gasteiger partial charge in [0.1, 0.15) is 17.6 Å². The van der Waals surface area contributed by atoms with Crippen LogP contribution in [0.1, 0.15) is 22.0 Å². The molecule has 2 heterocycles. The molecule has 2 aromatic carbocycles. The third-order valence-corrected chi connectivity index (χ3v) is 4.40. The van der Waals surface area contributed by atoms with Gasteiger partial charge in [-0.3, -0.25) is 9.82 Å². The minimum Gasteiger partial charge on any atom is -0.478 e. The van der Waals surface area contributed by atoms with Crippen LogP contribution in [0.5, 0.6) is 11.5 Å². The van der Waals surface area contributed by atoms with Gasteiger partial charge in [-0.05, 0) is 42.0 Å². The summed E-state index contributed by atoms with van der Waals surface area (Å²) in [6, 6.07) is 15.0. The van der Waals surface area contributed by atoms with Gasteiger partial charge >= 0.3 is 12.3 Å². The van der Waals surface area contributed by atoms with E-state index in [1.807, 2.05) is 0 Å². The minimum absolute atomic E-state index is 0.158. The molecule has 0 radical (unpaired) electrons. The quantitative estimate of drug-likeness (QED) is 0.562. The summed E-state index contributed by atoms with van der Waals surface area (Å²) >= 11 is 0. The summed E-state index contributed by atoms with van der Waals surface area (Å²) in [4.78, 5) is 20.8. The third-order valence-electron chi connectivity index (χ3n) is 4.40. The molecule has 164 valence electrons. The van der Waals surface area contributed by atoms with Gasteiger partial charge in [-0.1, -0.05) is 24.3 Å². The molecular formula is C22H15F3N2O5. The van der Waals surface area contributed by atoms with Gasteiger partial charge in [0.05, 0.1) is 17.5 Å². The second-order valence-electron chi connectivity index (χ2n) is 6.66. The van der Waals surface area contributed by atoms with Crippen LogP contribution in [0.25, 0.3) is 11.3 Å².